The van der Waals surface area contributed by atoms with Crippen LogP contribution >= 0.6 is 11.8 Å². The zero-order valence-corrected chi connectivity index (χ0v) is 8.39. The average Bonchev–Trinajstić information content (AvgIpc) is 2.18. The van der Waals surface area contributed by atoms with E-state index in [1.165, 1.54) is 6.07 Å². The second-order valence-electron chi connectivity index (χ2n) is 3.07. The Hall–Kier alpha value is -1.17. The van der Waals surface area contributed by atoms with Crippen LogP contribution in [0.5, 0.6) is 0 Å². The van der Waals surface area contributed by atoms with Crippen molar-refractivity contribution in [3.8, 4) is 0 Å². The molecule has 0 atom stereocenters. The van der Waals surface area contributed by atoms with Gasteiger partial charge in [0.05, 0.1) is 0 Å². The molecule has 0 aromatic carbocycles. The van der Waals surface area contributed by atoms with Crippen LogP contribution in [0.25, 0.3) is 0 Å². The monoisotopic (exact) mass is 213 g/mol. The molecule has 2 heterocycles. The minimum absolute atomic E-state index is 0.345. The van der Waals surface area contributed by atoms with E-state index in [-0.39, 0.29) is 5.56 Å². The highest BCUT2D eigenvalue weighted by molar-refractivity contribution is 7.99. The summed E-state index contributed by atoms with van der Waals surface area (Å²) in [5.74, 6) is 2.70. The Morgan fingerprint density at radius 2 is 1.93 bits per heavy atom. The molecule has 1 aliphatic heterocycles. The Kier molecular flexibility index (Phi) is 2.62. The third kappa shape index (κ3) is 2.01. The molecule has 2 N–H and O–H groups in total. The van der Waals surface area contributed by atoms with E-state index in [9.17, 15) is 9.59 Å². The van der Waals surface area contributed by atoms with Crippen molar-refractivity contribution in [2.75, 3.05) is 29.5 Å². The smallest absolute Gasteiger partial charge is 0.327 e. The number of nitrogens with zero attached hydrogens (tertiary/aromatic N) is 1. The molecule has 5 nitrogen and oxygen atoms in total. The van der Waals surface area contributed by atoms with Crippen molar-refractivity contribution in [1.29, 1.82) is 0 Å². The Balaban J connectivity index is 2.30. The average molecular weight is 213 g/mol. The summed E-state index contributed by atoms with van der Waals surface area (Å²) in [6.07, 6.45) is 0. The van der Waals surface area contributed by atoms with Gasteiger partial charge >= 0.3 is 5.69 Å². The number of thioether (sulfide) groups is 1. The molecule has 1 aromatic heterocycles. The van der Waals surface area contributed by atoms with Gasteiger partial charge in [0.25, 0.3) is 5.56 Å². The number of nitrogens with one attached hydrogen (secondary N) is 2. The van der Waals surface area contributed by atoms with Gasteiger partial charge in [-0.1, -0.05) is 0 Å². The van der Waals surface area contributed by atoms with Crippen LogP contribution in [-0.2, 0) is 0 Å². The van der Waals surface area contributed by atoms with Crippen LogP contribution in [0.1, 0.15) is 0 Å². The molecule has 2 rings (SSSR count). The van der Waals surface area contributed by atoms with E-state index in [0.29, 0.717) is 5.82 Å². The summed E-state index contributed by atoms with van der Waals surface area (Å²) in [6, 6.07) is 1.43. The van der Waals surface area contributed by atoms with Crippen LogP contribution < -0.4 is 16.1 Å². The zero-order valence-electron chi connectivity index (χ0n) is 7.58. The van der Waals surface area contributed by atoms with Gasteiger partial charge in [0.2, 0.25) is 0 Å². The van der Waals surface area contributed by atoms with E-state index >= 15 is 0 Å². The molecule has 0 amide bonds. The summed E-state index contributed by atoms with van der Waals surface area (Å²) in [6.45, 7) is 1.76. The van der Waals surface area contributed by atoms with Gasteiger partial charge in [-0.3, -0.25) is 14.8 Å². The number of hydrogen-bond donors (Lipinski definition) is 2. The van der Waals surface area contributed by atoms with E-state index in [1.807, 2.05) is 16.7 Å². The number of rotatable bonds is 1. The van der Waals surface area contributed by atoms with Gasteiger partial charge in [-0.25, -0.2) is 4.79 Å². The van der Waals surface area contributed by atoms with Gasteiger partial charge in [0.15, 0.2) is 0 Å². The maximum absolute atomic E-state index is 11.0. The molecule has 0 spiro atoms. The van der Waals surface area contributed by atoms with Crippen molar-refractivity contribution < 1.29 is 0 Å². The maximum Gasteiger partial charge on any atom is 0.327 e. The predicted molar refractivity (Wildman–Crippen MR) is 57.2 cm³/mol. The molecule has 0 aliphatic carbocycles. The van der Waals surface area contributed by atoms with E-state index in [1.54, 1.807) is 0 Å². The summed E-state index contributed by atoms with van der Waals surface area (Å²) in [7, 11) is 0. The van der Waals surface area contributed by atoms with E-state index in [0.717, 1.165) is 24.6 Å². The molecule has 1 aliphatic rings. The summed E-state index contributed by atoms with van der Waals surface area (Å²) in [5, 5.41) is 0. The van der Waals surface area contributed by atoms with Gasteiger partial charge in [-0.15, -0.1) is 0 Å². The third-order valence-electron chi connectivity index (χ3n) is 2.10. The lowest BCUT2D eigenvalue weighted by Gasteiger charge is -2.27. The van der Waals surface area contributed by atoms with E-state index < -0.39 is 5.69 Å². The van der Waals surface area contributed by atoms with Gasteiger partial charge in [-0.05, 0) is 0 Å². The largest absolute Gasteiger partial charge is 0.356 e. The first-order valence-corrected chi connectivity index (χ1v) is 5.57. The molecule has 1 fully saturated rings. The Morgan fingerprint density at radius 1 is 1.21 bits per heavy atom. The second kappa shape index (κ2) is 3.91. The lowest BCUT2D eigenvalue weighted by atomic mass is 10.4. The minimum Gasteiger partial charge on any atom is -0.356 e. The normalized spacial score (nSPS) is 17.0. The second-order valence-corrected chi connectivity index (χ2v) is 4.30. The molecule has 0 bridgehead atoms. The summed E-state index contributed by atoms with van der Waals surface area (Å²) in [4.78, 5) is 28.9. The van der Waals surface area contributed by atoms with Crippen LogP contribution in [0.3, 0.4) is 0 Å². The van der Waals surface area contributed by atoms with Gasteiger partial charge in [0, 0.05) is 30.7 Å². The molecule has 0 saturated carbocycles. The van der Waals surface area contributed by atoms with Gasteiger partial charge in [0.1, 0.15) is 5.82 Å². The van der Waals surface area contributed by atoms with E-state index in [2.05, 4.69) is 9.97 Å². The number of aromatic nitrogens is 2. The Labute approximate surface area is 84.5 Å². The fourth-order valence-electron chi connectivity index (χ4n) is 1.43. The van der Waals surface area contributed by atoms with Crippen LogP contribution in [0.15, 0.2) is 15.7 Å². The first-order valence-electron chi connectivity index (χ1n) is 4.42. The van der Waals surface area contributed by atoms with Crippen LogP contribution in [-0.4, -0.2) is 34.6 Å². The maximum atomic E-state index is 11.0. The number of anilines is 1. The van der Waals surface area contributed by atoms with Crippen molar-refractivity contribution in [3.05, 3.63) is 26.9 Å². The standard InChI is InChI=1S/C8H11N3O2S/c12-7-5-6(9-8(13)10-7)11-1-3-14-4-2-11/h5H,1-4H2,(H2,9,10,12,13). The van der Waals surface area contributed by atoms with Gasteiger partial charge in [-0.2, -0.15) is 11.8 Å². The Bertz CT molecular complexity index is 391. The molecule has 76 valence electrons. The van der Waals surface area contributed by atoms with E-state index in [4.69, 9.17) is 0 Å². The molecular weight excluding hydrogens is 202 g/mol. The van der Waals surface area contributed by atoms with Crippen LogP contribution in [0.2, 0.25) is 0 Å². The van der Waals surface area contributed by atoms with Crippen LogP contribution in [0, 0.1) is 0 Å². The molecular formula is C8H11N3O2S. The molecule has 1 aromatic rings. The SMILES string of the molecule is O=c1cc(N2CCSCC2)[nH]c(=O)[nH]1. The molecule has 14 heavy (non-hydrogen) atoms. The fraction of sp³-hybridized carbons (Fsp3) is 0.500. The Morgan fingerprint density at radius 3 is 2.57 bits per heavy atom. The topological polar surface area (TPSA) is 69.0 Å². The van der Waals surface area contributed by atoms with Crippen molar-refractivity contribution in [2.24, 2.45) is 0 Å². The van der Waals surface area contributed by atoms with Crippen molar-refractivity contribution >= 4 is 17.6 Å². The lowest BCUT2D eigenvalue weighted by Crippen LogP contribution is -2.36. The van der Waals surface area contributed by atoms with Crippen molar-refractivity contribution in [2.45, 2.75) is 0 Å². The van der Waals surface area contributed by atoms with Gasteiger partial charge < -0.3 is 4.90 Å². The highest BCUT2D eigenvalue weighted by Crippen LogP contribution is 2.13. The molecule has 0 unspecified atom stereocenters. The third-order valence-corrected chi connectivity index (χ3v) is 3.04. The quantitative estimate of drug-likeness (QED) is 0.667. The minimum atomic E-state index is -0.439. The van der Waals surface area contributed by atoms with Crippen molar-refractivity contribution in [1.82, 2.24) is 9.97 Å². The van der Waals surface area contributed by atoms with Crippen LogP contribution in [0.4, 0.5) is 5.82 Å². The number of hydrogen-bond acceptors (Lipinski definition) is 4. The summed E-state index contributed by atoms with van der Waals surface area (Å²) >= 11 is 1.88. The molecule has 0 radical (unpaired) electrons. The number of aromatic amines is 2. The summed E-state index contributed by atoms with van der Waals surface area (Å²) in [5.41, 5.74) is -0.785. The highest BCUT2D eigenvalue weighted by atomic mass is 32.2. The van der Waals surface area contributed by atoms with Crippen molar-refractivity contribution in [3.63, 3.8) is 0 Å². The zero-order chi connectivity index (χ0) is 9.97. The highest BCUT2D eigenvalue weighted by Gasteiger charge is 2.12. The lowest BCUT2D eigenvalue weighted by molar-refractivity contribution is 0.825. The fourth-order valence-corrected chi connectivity index (χ4v) is 2.33. The predicted octanol–water partition coefficient (Wildman–Crippen LogP) is -0.384. The molecule has 6 heteroatoms. The number of H-pyrrole nitrogens is 2. The molecule has 1 saturated heterocycles. The first kappa shape index (κ1) is 9.39. The first-order chi connectivity index (χ1) is 6.75. The summed E-state index contributed by atoms with van der Waals surface area (Å²) < 4.78 is 0.